The Morgan fingerprint density at radius 2 is 2.10 bits per heavy atom. The number of nitrogens with zero attached hydrogens (tertiary/aromatic N) is 3. The molecule has 2 aromatic heterocycles. The van der Waals surface area contributed by atoms with Crippen LogP contribution in [-0.4, -0.2) is 25.2 Å². The molecule has 2 aromatic rings. The van der Waals surface area contributed by atoms with Gasteiger partial charge in [0.05, 0.1) is 11.1 Å². The lowest BCUT2D eigenvalue weighted by atomic mass is 10.2. The molecule has 8 heteroatoms. The molecule has 0 aliphatic heterocycles. The Kier molecular flexibility index (Phi) is 3.56. The van der Waals surface area contributed by atoms with Gasteiger partial charge in [-0.1, -0.05) is 0 Å². The highest BCUT2D eigenvalue weighted by atomic mass is 19.4. The highest BCUT2D eigenvalue weighted by Crippen LogP contribution is 2.32. The van der Waals surface area contributed by atoms with E-state index in [9.17, 15) is 18.0 Å². The Bertz CT molecular complexity index is 628. The summed E-state index contributed by atoms with van der Waals surface area (Å²) in [6, 6.07) is 0. The van der Waals surface area contributed by atoms with Crippen molar-refractivity contribution in [1.29, 1.82) is 0 Å². The van der Waals surface area contributed by atoms with Gasteiger partial charge in [-0.3, -0.25) is 0 Å². The summed E-state index contributed by atoms with van der Waals surface area (Å²) in [6.45, 7) is 0.223. The molecule has 0 amide bonds. The van der Waals surface area contributed by atoms with Gasteiger partial charge in [-0.05, 0) is 0 Å². The molecule has 0 spiro atoms. The van der Waals surface area contributed by atoms with Crippen LogP contribution in [0, 0.1) is 0 Å². The summed E-state index contributed by atoms with van der Waals surface area (Å²) in [4.78, 5) is 14.9. The Balaban J connectivity index is 2.21. The number of hydrogen-bond acceptors (Lipinski definition) is 2. The highest BCUT2D eigenvalue weighted by Gasteiger charge is 2.36. The second-order valence-corrected chi connectivity index (χ2v) is 4.33. The first kappa shape index (κ1) is 14.2. The number of aromatic carboxylic acids is 1. The molecule has 1 N–H and O–H groups in total. The van der Waals surface area contributed by atoms with Crippen LogP contribution in [-0.2, 0) is 26.2 Å². The fraction of sp³-hybridized carbons (Fsp3) is 0.333. The van der Waals surface area contributed by atoms with Crippen molar-refractivity contribution in [3.8, 4) is 0 Å². The lowest BCUT2D eigenvalue weighted by Gasteiger charge is -2.05. The van der Waals surface area contributed by atoms with E-state index in [1.54, 1.807) is 24.0 Å². The second kappa shape index (κ2) is 5.03. The molecular formula is C12H12F3N3O2. The van der Waals surface area contributed by atoms with Gasteiger partial charge in [-0.2, -0.15) is 13.2 Å². The van der Waals surface area contributed by atoms with Crippen LogP contribution >= 0.6 is 0 Å². The molecule has 0 aliphatic rings. The lowest BCUT2D eigenvalue weighted by Crippen LogP contribution is -2.09. The predicted octanol–water partition coefficient (Wildman–Crippen LogP) is 2.18. The number of carbonyl (C=O) groups is 1. The average Bonchev–Trinajstić information content (AvgIpc) is 2.91. The number of alkyl halides is 3. The van der Waals surface area contributed by atoms with Crippen LogP contribution in [0.3, 0.4) is 0 Å². The highest BCUT2D eigenvalue weighted by molar-refractivity contribution is 5.89. The molecule has 2 heterocycles. The third-order valence-electron chi connectivity index (χ3n) is 2.93. The van der Waals surface area contributed by atoms with E-state index in [1.165, 1.54) is 4.57 Å². The van der Waals surface area contributed by atoms with Gasteiger partial charge >= 0.3 is 12.1 Å². The van der Waals surface area contributed by atoms with Gasteiger partial charge in [0.25, 0.3) is 0 Å². The molecule has 0 saturated carbocycles. The first-order valence-electron chi connectivity index (χ1n) is 5.75. The van der Waals surface area contributed by atoms with E-state index >= 15 is 0 Å². The van der Waals surface area contributed by atoms with Gasteiger partial charge in [-0.25, -0.2) is 9.78 Å². The van der Waals surface area contributed by atoms with Crippen molar-refractivity contribution < 1.29 is 23.1 Å². The van der Waals surface area contributed by atoms with Gasteiger partial charge in [0.15, 0.2) is 0 Å². The van der Waals surface area contributed by atoms with E-state index in [1.807, 2.05) is 0 Å². The molecule has 108 valence electrons. The first-order valence-corrected chi connectivity index (χ1v) is 5.75. The van der Waals surface area contributed by atoms with E-state index in [4.69, 9.17) is 5.11 Å². The van der Waals surface area contributed by atoms with Gasteiger partial charge in [-0.15, -0.1) is 0 Å². The van der Waals surface area contributed by atoms with Crippen LogP contribution in [0.4, 0.5) is 13.2 Å². The van der Waals surface area contributed by atoms with Crippen LogP contribution in [0.1, 0.15) is 21.7 Å². The monoisotopic (exact) mass is 287 g/mol. The molecule has 2 rings (SSSR count). The molecule has 0 fully saturated rings. The number of aryl methyl sites for hydroxylation is 3. The maximum absolute atomic E-state index is 12.7. The molecular weight excluding hydrogens is 275 g/mol. The van der Waals surface area contributed by atoms with Gasteiger partial charge in [0.1, 0.15) is 5.82 Å². The summed E-state index contributed by atoms with van der Waals surface area (Å²) in [5.74, 6) is -0.878. The van der Waals surface area contributed by atoms with E-state index in [-0.39, 0.29) is 6.54 Å². The average molecular weight is 287 g/mol. The number of carboxylic acids is 1. The molecule has 0 unspecified atom stereocenters. The summed E-state index contributed by atoms with van der Waals surface area (Å²) < 4.78 is 41.1. The Morgan fingerprint density at radius 1 is 1.40 bits per heavy atom. The summed E-state index contributed by atoms with van der Waals surface area (Å²) in [7, 11) is 1.78. The summed E-state index contributed by atoms with van der Waals surface area (Å²) in [6.07, 6.45) is 0.862. The third-order valence-corrected chi connectivity index (χ3v) is 2.93. The number of imidazole rings is 1. The van der Waals surface area contributed by atoms with E-state index in [0.717, 1.165) is 12.4 Å². The van der Waals surface area contributed by atoms with Crippen molar-refractivity contribution in [2.45, 2.75) is 19.1 Å². The number of carboxylic acid groups (broad SMARTS) is 1. The normalized spacial score (nSPS) is 11.8. The summed E-state index contributed by atoms with van der Waals surface area (Å²) in [5, 5.41) is 8.81. The van der Waals surface area contributed by atoms with Crippen molar-refractivity contribution in [2.24, 2.45) is 7.05 Å². The van der Waals surface area contributed by atoms with E-state index in [2.05, 4.69) is 4.98 Å². The quantitative estimate of drug-likeness (QED) is 0.937. The van der Waals surface area contributed by atoms with Gasteiger partial charge in [0, 0.05) is 44.8 Å². The summed E-state index contributed by atoms with van der Waals surface area (Å²) >= 11 is 0. The van der Waals surface area contributed by atoms with Crippen molar-refractivity contribution in [2.75, 3.05) is 0 Å². The van der Waals surface area contributed by atoms with Gasteiger partial charge in [0.2, 0.25) is 0 Å². The first-order chi connectivity index (χ1) is 9.29. The van der Waals surface area contributed by atoms with Crippen molar-refractivity contribution in [1.82, 2.24) is 14.1 Å². The van der Waals surface area contributed by atoms with E-state index in [0.29, 0.717) is 12.2 Å². The molecule has 5 nitrogen and oxygen atoms in total. The number of rotatable bonds is 4. The Morgan fingerprint density at radius 3 is 2.55 bits per heavy atom. The molecule has 0 saturated heterocycles. The van der Waals surface area contributed by atoms with E-state index < -0.39 is 23.3 Å². The number of aromatic nitrogens is 3. The predicted molar refractivity (Wildman–Crippen MR) is 63.3 cm³/mol. The molecule has 0 radical (unpaired) electrons. The van der Waals surface area contributed by atoms with Crippen molar-refractivity contribution in [3.63, 3.8) is 0 Å². The Hall–Kier alpha value is -2.25. The second-order valence-electron chi connectivity index (χ2n) is 4.33. The maximum atomic E-state index is 12.7. The number of hydrogen-bond donors (Lipinski definition) is 1. The summed E-state index contributed by atoms with van der Waals surface area (Å²) in [5.41, 5.74) is -1.87. The molecule has 0 aromatic carbocycles. The van der Waals surface area contributed by atoms with Crippen molar-refractivity contribution >= 4 is 5.97 Å². The van der Waals surface area contributed by atoms with Crippen molar-refractivity contribution in [3.05, 3.63) is 41.7 Å². The number of halogens is 3. The minimum Gasteiger partial charge on any atom is -0.478 e. The minimum absolute atomic E-state index is 0.223. The fourth-order valence-electron chi connectivity index (χ4n) is 1.90. The molecule has 0 bridgehead atoms. The van der Waals surface area contributed by atoms with Crippen LogP contribution in [0.5, 0.6) is 0 Å². The lowest BCUT2D eigenvalue weighted by molar-refractivity contribution is -0.138. The molecule has 20 heavy (non-hydrogen) atoms. The SMILES string of the molecule is Cn1ccnc1CCn1cc(C(=O)O)c(C(F)(F)F)c1. The maximum Gasteiger partial charge on any atom is 0.418 e. The topological polar surface area (TPSA) is 60.0 Å². The van der Waals surface area contributed by atoms with Gasteiger partial charge < -0.3 is 14.2 Å². The third kappa shape index (κ3) is 2.84. The van der Waals surface area contributed by atoms with Crippen LogP contribution in [0.15, 0.2) is 24.8 Å². The molecule has 0 aliphatic carbocycles. The zero-order valence-corrected chi connectivity index (χ0v) is 10.6. The van der Waals surface area contributed by atoms with Crippen LogP contribution < -0.4 is 0 Å². The largest absolute Gasteiger partial charge is 0.478 e. The zero-order valence-electron chi connectivity index (χ0n) is 10.6. The fourth-order valence-corrected chi connectivity index (χ4v) is 1.90. The molecule has 0 atom stereocenters. The van der Waals surface area contributed by atoms with Crippen LogP contribution in [0.25, 0.3) is 0 Å². The smallest absolute Gasteiger partial charge is 0.418 e. The Labute approximate surface area is 112 Å². The standard InChI is InChI=1S/C12H12F3N3O2/c1-17-5-3-16-10(17)2-4-18-6-8(11(19)20)9(7-18)12(13,14)15/h3,5-7H,2,4H2,1H3,(H,19,20). The minimum atomic E-state index is -4.68. The van der Waals surface area contributed by atoms with Crippen LogP contribution in [0.2, 0.25) is 0 Å². The zero-order chi connectivity index (χ0) is 14.9.